The van der Waals surface area contributed by atoms with E-state index in [1.165, 1.54) is 5.56 Å². The summed E-state index contributed by atoms with van der Waals surface area (Å²) in [6.45, 7) is 9.45. The molecule has 120 valence electrons. The fourth-order valence-corrected chi connectivity index (χ4v) is 2.55. The number of hydrogen-bond donors (Lipinski definition) is 2. The van der Waals surface area contributed by atoms with Crippen LogP contribution in [-0.2, 0) is 6.42 Å². The zero-order valence-electron chi connectivity index (χ0n) is 14.0. The maximum absolute atomic E-state index is 9.60. The van der Waals surface area contributed by atoms with Gasteiger partial charge in [0.25, 0.3) is 0 Å². The van der Waals surface area contributed by atoms with Crippen molar-refractivity contribution in [1.82, 2.24) is 5.32 Å². The van der Waals surface area contributed by atoms with Gasteiger partial charge in [0.2, 0.25) is 0 Å². The quantitative estimate of drug-likeness (QED) is 0.693. The molecule has 0 aliphatic carbocycles. The lowest BCUT2D eigenvalue weighted by Crippen LogP contribution is -2.48. The highest BCUT2D eigenvalue weighted by molar-refractivity contribution is 5.27. The van der Waals surface area contributed by atoms with Gasteiger partial charge >= 0.3 is 0 Å². The SMILES string of the molecule is CCCNC(C)(CO)CC(C)Oc1ccc(CCC)cc1. The number of rotatable bonds is 10. The van der Waals surface area contributed by atoms with Crippen LogP contribution >= 0.6 is 0 Å². The third-order valence-corrected chi connectivity index (χ3v) is 3.69. The molecule has 1 aromatic rings. The van der Waals surface area contributed by atoms with E-state index >= 15 is 0 Å². The normalized spacial score (nSPS) is 15.5. The predicted octanol–water partition coefficient (Wildman–Crippen LogP) is 3.55. The van der Waals surface area contributed by atoms with Gasteiger partial charge in [-0.1, -0.05) is 32.4 Å². The minimum atomic E-state index is -0.280. The van der Waals surface area contributed by atoms with Crippen molar-refractivity contribution in [3.8, 4) is 5.75 Å². The smallest absolute Gasteiger partial charge is 0.119 e. The third kappa shape index (κ3) is 6.49. The zero-order chi connectivity index (χ0) is 15.7. The number of benzene rings is 1. The summed E-state index contributed by atoms with van der Waals surface area (Å²) >= 11 is 0. The first-order valence-corrected chi connectivity index (χ1v) is 8.14. The highest BCUT2D eigenvalue weighted by Crippen LogP contribution is 2.19. The Balaban J connectivity index is 2.53. The van der Waals surface area contributed by atoms with E-state index in [1.807, 2.05) is 19.1 Å². The van der Waals surface area contributed by atoms with Crippen molar-refractivity contribution >= 4 is 0 Å². The van der Waals surface area contributed by atoms with Crippen molar-refractivity contribution in [1.29, 1.82) is 0 Å². The van der Waals surface area contributed by atoms with E-state index in [2.05, 4.69) is 38.2 Å². The van der Waals surface area contributed by atoms with Gasteiger partial charge in [-0.05, 0) is 50.9 Å². The third-order valence-electron chi connectivity index (χ3n) is 3.69. The molecule has 2 atom stereocenters. The lowest BCUT2D eigenvalue weighted by molar-refractivity contribution is 0.110. The van der Waals surface area contributed by atoms with Crippen LogP contribution in [0.3, 0.4) is 0 Å². The van der Waals surface area contributed by atoms with Gasteiger partial charge in [-0.2, -0.15) is 0 Å². The first kappa shape index (κ1) is 18.0. The van der Waals surface area contributed by atoms with Gasteiger partial charge in [-0.3, -0.25) is 0 Å². The molecule has 0 saturated heterocycles. The number of nitrogens with one attached hydrogen (secondary N) is 1. The standard InChI is InChI=1S/C18H31NO2/c1-5-7-16-8-10-17(11-9-16)21-15(3)13-18(4,14-20)19-12-6-2/h8-11,15,19-20H,5-7,12-14H2,1-4H3. The van der Waals surface area contributed by atoms with E-state index in [-0.39, 0.29) is 18.2 Å². The van der Waals surface area contributed by atoms with Gasteiger partial charge in [0, 0.05) is 12.0 Å². The molecular weight excluding hydrogens is 262 g/mol. The molecule has 0 spiro atoms. The second-order valence-corrected chi connectivity index (χ2v) is 6.17. The fraction of sp³-hybridized carbons (Fsp3) is 0.667. The molecule has 2 unspecified atom stereocenters. The second-order valence-electron chi connectivity index (χ2n) is 6.17. The van der Waals surface area contributed by atoms with Crippen molar-refractivity contribution in [2.24, 2.45) is 0 Å². The van der Waals surface area contributed by atoms with E-state index in [9.17, 15) is 5.11 Å². The largest absolute Gasteiger partial charge is 0.491 e. The Morgan fingerprint density at radius 2 is 1.86 bits per heavy atom. The molecule has 3 heteroatoms. The maximum atomic E-state index is 9.60. The monoisotopic (exact) mass is 293 g/mol. The highest BCUT2D eigenvalue weighted by Gasteiger charge is 2.25. The molecule has 0 aliphatic rings. The summed E-state index contributed by atoms with van der Waals surface area (Å²) in [6, 6.07) is 8.34. The van der Waals surface area contributed by atoms with E-state index in [4.69, 9.17) is 4.74 Å². The van der Waals surface area contributed by atoms with Crippen molar-refractivity contribution < 1.29 is 9.84 Å². The second kappa shape index (κ2) is 9.06. The van der Waals surface area contributed by atoms with Crippen LogP contribution in [0.25, 0.3) is 0 Å². The summed E-state index contributed by atoms with van der Waals surface area (Å²) in [5, 5.41) is 13.0. The number of ether oxygens (including phenoxy) is 1. The molecular formula is C18H31NO2. The molecule has 21 heavy (non-hydrogen) atoms. The van der Waals surface area contributed by atoms with Crippen LogP contribution in [0, 0.1) is 0 Å². The Morgan fingerprint density at radius 3 is 2.38 bits per heavy atom. The number of aliphatic hydroxyl groups is 1. The van der Waals surface area contributed by atoms with Crippen LogP contribution < -0.4 is 10.1 Å². The van der Waals surface area contributed by atoms with E-state index in [0.717, 1.165) is 38.0 Å². The number of aryl methyl sites for hydroxylation is 1. The molecule has 2 N–H and O–H groups in total. The van der Waals surface area contributed by atoms with Gasteiger partial charge in [-0.25, -0.2) is 0 Å². The van der Waals surface area contributed by atoms with E-state index in [1.54, 1.807) is 0 Å². The zero-order valence-corrected chi connectivity index (χ0v) is 14.0. The molecule has 0 amide bonds. The topological polar surface area (TPSA) is 41.5 Å². The molecule has 0 bridgehead atoms. The Labute approximate surface area is 129 Å². The van der Waals surface area contributed by atoms with Crippen LogP contribution in [0.2, 0.25) is 0 Å². The summed E-state index contributed by atoms with van der Waals surface area (Å²) in [5.74, 6) is 0.901. The van der Waals surface area contributed by atoms with Crippen LogP contribution in [0.15, 0.2) is 24.3 Å². The molecule has 1 aromatic carbocycles. The molecule has 0 saturated carbocycles. The van der Waals surface area contributed by atoms with Crippen molar-refractivity contribution in [2.45, 2.75) is 65.0 Å². The van der Waals surface area contributed by atoms with E-state index in [0.29, 0.717) is 0 Å². The lowest BCUT2D eigenvalue weighted by atomic mass is 9.95. The molecule has 0 radical (unpaired) electrons. The average Bonchev–Trinajstić information content (AvgIpc) is 2.47. The first-order valence-electron chi connectivity index (χ1n) is 8.14. The molecule has 1 rings (SSSR count). The summed E-state index contributed by atoms with van der Waals surface area (Å²) in [6.07, 6.45) is 4.17. The van der Waals surface area contributed by atoms with Crippen molar-refractivity contribution in [2.75, 3.05) is 13.2 Å². The van der Waals surface area contributed by atoms with Crippen molar-refractivity contribution in [3.05, 3.63) is 29.8 Å². The van der Waals surface area contributed by atoms with E-state index < -0.39 is 0 Å². The lowest BCUT2D eigenvalue weighted by Gasteiger charge is -2.31. The van der Waals surface area contributed by atoms with Gasteiger partial charge in [0.05, 0.1) is 12.7 Å². The molecule has 0 aliphatic heterocycles. The van der Waals surface area contributed by atoms with Crippen LogP contribution in [0.5, 0.6) is 5.75 Å². The molecule has 3 nitrogen and oxygen atoms in total. The number of aliphatic hydroxyl groups excluding tert-OH is 1. The average molecular weight is 293 g/mol. The number of hydrogen-bond acceptors (Lipinski definition) is 3. The van der Waals surface area contributed by atoms with Gasteiger partial charge in [0.15, 0.2) is 0 Å². The minimum Gasteiger partial charge on any atom is -0.491 e. The minimum absolute atomic E-state index is 0.0588. The summed E-state index contributed by atoms with van der Waals surface area (Å²) in [4.78, 5) is 0. The van der Waals surface area contributed by atoms with Gasteiger partial charge < -0.3 is 15.2 Å². The van der Waals surface area contributed by atoms with Crippen LogP contribution in [-0.4, -0.2) is 29.9 Å². The summed E-state index contributed by atoms with van der Waals surface area (Å²) < 4.78 is 5.97. The van der Waals surface area contributed by atoms with Gasteiger partial charge in [-0.15, -0.1) is 0 Å². The maximum Gasteiger partial charge on any atom is 0.119 e. The Kier molecular flexibility index (Phi) is 7.76. The summed E-state index contributed by atoms with van der Waals surface area (Å²) in [5.41, 5.74) is 1.07. The summed E-state index contributed by atoms with van der Waals surface area (Å²) in [7, 11) is 0. The van der Waals surface area contributed by atoms with Crippen LogP contribution in [0.1, 0.15) is 52.5 Å². The molecule has 0 fully saturated rings. The predicted molar refractivity (Wildman–Crippen MR) is 88.9 cm³/mol. The highest BCUT2D eigenvalue weighted by atomic mass is 16.5. The first-order chi connectivity index (χ1) is 10.0. The van der Waals surface area contributed by atoms with Crippen molar-refractivity contribution in [3.63, 3.8) is 0 Å². The fourth-order valence-electron chi connectivity index (χ4n) is 2.55. The Morgan fingerprint density at radius 1 is 1.19 bits per heavy atom. The Bertz CT molecular complexity index is 391. The molecule has 0 aromatic heterocycles. The molecule has 0 heterocycles. The van der Waals surface area contributed by atoms with Gasteiger partial charge in [0.1, 0.15) is 5.75 Å². The van der Waals surface area contributed by atoms with Crippen LogP contribution in [0.4, 0.5) is 0 Å². The Hall–Kier alpha value is -1.06.